The van der Waals surface area contributed by atoms with E-state index < -0.39 is 11.6 Å². The first kappa shape index (κ1) is 18.1. The molecule has 6 nitrogen and oxygen atoms in total. The van der Waals surface area contributed by atoms with Crippen molar-refractivity contribution in [2.24, 2.45) is 17.8 Å². The molecule has 2 atom stereocenters. The number of nitrogens with zero attached hydrogens (tertiary/aromatic N) is 3. The summed E-state index contributed by atoms with van der Waals surface area (Å²) in [6.07, 6.45) is 5.30. The van der Waals surface area contributed by atoms with Gasteiger partial charge in [0.1, 0.15) is 11.6 Å². The molecule has 2 N–H and O–H groups in total. The van der Waals surface area contributed by atoms with Crippen LogP contribution in [0.15, 0.2) is 24.4 Å². The van der Waals surface area contributed by atoms with Gasteiger partial charge >= 0.3 is 0 Å². The Balaban J connectivity index is 1.51. The first-order valence-electron chi connectivity index (χ1n) is 9.95. The Morgan fingerprint density at radius 3 is 2.69 bits per heavy atom. The first-order chi connectivity index (χ1) is 14.0. The molecule has 29 heavy (non-hydrogen) atoms. The van der Waals surface area contributed by atoms with Crippen molar-refractivity contribution in [3.8, 4) is 11.4 Å². The van der Waals surface area contributed by atoms with Crippen LogP contribution in [0.3, 0.4) is 0 Å². The van der Waals surface area contributed by atoms with Crippen molar-refractivity contribution >= 4 is 22.6 Å². The maximum absolute atomic E-state index is 14.6. The average Bonchev–Trinajstić information content (AvgIpc) is 3.13. The maximum Gasteiger partial charge on any atom is 0.181 e. The monoisotopic (exact) mass is 397 g/mol. The minimum Gasteiger partial charge on any atom is -0.364 e. The number of rotatable bonds is 4. The van der Waals surface area contributed by atoms with E-state index in [9.17, 15) is 13.6 Å². The van der Waals surface area contributed by atoms with Crippen LogP contribution in [-0.4, -0.2) is 32.0 Å². The molecule has 150 valence electrons. The van der Waals surface area contributed by atoms with Gasteiger partial charge in [0.15, 0.2) is 17.3 Å². The van der Waals surface area contributed by atoms with Gasteiger partial charge in [-0.3, -0.25) is 9.89 Å². The van der Waals surface area contributed by atoms with E-state index >= 15 is 0 Å². The van der Waals surface area contributed by atoms with Crippen LogP contribution in [-0.2, 0) is 4.79 Å². The largest absolute Gasteiger partial charge is 0.364 e. The number of pyridine rings is 2. The third-order valence-electron chi connectivity index (χ3n) is 6.47. The topological polar surface area (TPSA) is 83.6 Å². The van der Waals surface area contributed by atoms with E-state index in [1.807, 2.05) is 0 Å². The highest BCUT2D eigenvalue weighted by Gasteiger charge is 2.46. The molecule has 0 unspecified atom stereocenters. The fourth-order valence-corrected chi connectivity index (χ4v) is 5.15. The molecule has 3 aliphatic carbocycles. The normalized spacial score (nSPS) is 26.0. The highest BCUT2D eigenvalue weighted by molar-refractivity contribution is 5.89. The molecule has 3 aromatic rings. The van der Waals surface area contributed by atoms with Gasteiger partial charge in [0.25, 0.3) is 0 Å². The smallest absolute Gasteiger partial charge is 0.181 e. The van der Waals surface area contributed by atoms with Gasteiger partial charge in [-0.25, -0.2) is 18.7 Å². The maximum atomic E-state index is 14.6. The first-order valence-corrected chi connectivity index (χ1v) is 9.95. The number of Topliss-reactive ketones (excluding diaryl/α,β-unsaturated/α-hetero) is 1. The van der Waals surface area contributed by atoms with E-state index in [-0.39, 0.29) is 23.6 Å². The quantitative estimate of drug-likeness (QED) is 0.692. The van der Waals surface area contributed by atoms with E-state index in [1.165, 1.54) is 18.2 Å². The molecule has 0 radical (unpaired) electrons. The Morgan fingerprint density at radius 2 is 1.93 bits per heavy atom. The Labute approximate surface area is 166 Å². The molecule has 0 saturated heterocycles. The van der Waals surface area contributed by atoms with Gasteiger partial charge in [-0.05, 0) is 62.6 Å². The minimum atomic E-state index is -0.483. The number of hydrogen-bond acceptors (Lipinski definition) is 5. The summed E-state index contributed by atoms with van der Waals surface area (Å²) in [7, 11) is 0. The van der Waals surface area contributed by atoms with Crippen LogP contribution >= 0.6 is 0 Å². The molecule has 8 heteroatoms. The summed E-state index contributed by atoms with van der Waals surface area (Å²) in [6, 6.07) is 4.06. The second kappa shape index (κ2) is 6.86. The third kappa shape index (κ3) is 3.07. The molecule has 6 rings (SSSR count). The fraction of sp³-hybridized carbons (Fsp3) is 0.429. The number of fused-ring (bicyclic) bond motifs is 4. The van der Waals surface area contributed by atoms with E-state index in [4.69, 9.17) is 0 Å². The zero-order chi connectivity index (χ0) is 20.1. The lowest BCUT2D eigenvalue weighted by Crippen LogP contribution is -2.51. The van der Waals surface area contributed by atoms with Gasteiger partial charge in [0.2, 0.25) is 0 Å². The Kier molecular flexibility index (Phi) is 4.29. The van der Waals surface area contributed by atoms with Crippen LogP contribution in [0.4, 0.5) is 14.6 Å². The summed E-state index contributed by atoms with van der Waals surface area (Å²) >= 11 is 0. The molecular weight excluding hydrogens is 376 g/mol. The number of halogens is 2. The van der Waals surface area contributed by atoms with Crippen LogP contribution in [0.1, 0.15) is 32.6 Å². The van der Waals surface area contributed by atoms with E-state index in [1.54, 1.807) is 6.92 Å². The number of carbonyl (C=O) groups is 1. The molecule has 3 aromatic heterocycles. The van der Waals surface area contributed by atoms with Crippen LogP contribution < -0.4 is 5.32 Å². The third-order valence-corrected chi connectivity index (χ3v) is 6.47. The number of aromatic nitrogens is 4. The van der Waals surface area contributed by atoms with Crippen molar-refractivity contribution in [1.29, 1.82) is 0 Å². The Bertz CT molecular complexity index is 1090. The summed E-state index contributed by atoms with van der Waals surface area (Å²) in [5.41, 5.74) is 1.27. The van der Waals surface area contributed by atoms with E-state index in [2.05, 4.69) is 25.5 Å². The molecule has 3 saturated carbocycles. The second-order valence-electron chi connectivity index (χ2n) is 8.13. The van der Waals surface area contributed by atoms with Crippen molar-refractivity contribution in [1.82, 2.24) is 20.2 Å². The van der Waals surface area contributed by atoms with Crippen molar-refractivity contribution in [2.75, 3.05) is 5.32 Å². The molecular formula is C21H21F2N5O. The molecule has 3 fully saturated rings. The van der Waals surface area contributed by atoms with Gasteiger partial charge < -0.3 is 5.32 Å². The van der Waals surface area contributed by atoms with Crippen LogP contribution in [0, 0.1) is 29.4 Å². The second-order valence-corrected chi connectivity index (χ2v) is 8.13. The SMILES string of the molecule is CC(=O)[C@@H]1C2CCC(CC2)[C@H]1Nc1nc(-c2[nH]nc3ncc(F)cc23)ccc1F. The van der Waals surface area contributed by atoms with Crippen molar-refractivity contribution in [3.63, 3.8) is 0 Å². The zero-order valence-corrected chi connectivity index (χ0v) is 16.0. The average molecular weight is 397 g/mol. The van der Waals surface area contributed by atoms with E-state index in [0.717, 1.165) is 31.9 Å². The number of ketones is 1. The fourth-order valence-electron chi connectivity index (χ4n) is 5.15. The van der Waals surface area contributed by atoms with Gasteiger partial charge in [0.05, 0.1) is 23.0 Å². The number of nitrogens with one attached hydrogen (secondary N) is 2. The minimum absolute atomic E-state index is 0.110. The number of carbonyl (C=O) groups excluding carboxylic acids is 1. The van der Waals surface area contributed by atoms with Gasteiger partial charge in [-0.2, -0.15) is 5.10 Å². The standard InChI is InChI=1S/C21H21F2N5O/c1-10(29)17-11-2-4-12(5-3-11)18(17)26-21-15(23)6-7-16(25-21)19-14-8-13(22)9-24-20(14)28-27-19/h6-9,11-12,17-18H,2-5H2,1H3,(H,25,26)(H,24,27,28)/t11?,12?,17-,18-/m1/s1. The predicted molar refractivity (Wildman–Crippen MR) is 104 cm³/mol. The summed E-state index contributed by atoms with van der Waals surface area (Å²) in [5.74, 6) is -0.128. The van der Waals surface area contributed by atoms with Crippen molar-refractivity contribution in [2.45, 2.75) is 38.6 Å². The highest BCUT2D eigenvalue weighted by atomic mass is 19.1. The lowest BCUT2D eigenvalue weighted by molar-refractivity contribution is -0.126. The molecule has 0 aromatic carbocycles. The lowest BCUT2D eigenvalue weighted by Gasteiger charge is -2.48. The molecule has 0 spiro atoms. The summed E-state index contributed by atoms with van der Waals surface area (Å²) in [6.45, 7) is 1.62. The molecule has 0 aliphatic heterocycles. The number of aromatic amines is 1. The number of hydrogen-bond donors (Lipinski definition) is 2. The van der Waals surface area contributed by atoms with Crippen molar-refractivity contribution in [3.05, 3.63) is 36.0 Å². The Morgan fingerprint density at radius 1 is 1.17 bits per heavy atom. The molecule has 2 bridgehead atoms. The highest BCUT2D eigenvalue weighted by Crippen LogP contribution is 2.46. The Hall–Kier alpha value is -2.90. The molecule has 3 heterocycles. The molecule has 3 aliphatic rings. The van der Waals surface area contributed by atoms with Gasteiger partial charge in [0, 0.05) is 12.0 Å². The zero-order valence-electron chi connectivity index (χ0n) is 16.0. The van der Waals surface area contributed by atoms with E-state index in [0.29, 0.717) is 34.3 Å². The number of H-pyrrole nitrogens is 1. The van der Waals surface area contributed by atoms with Crippen molar-refractivity contribution < 1.29 is 13.6 Å². The van der Waals surface area contributed by atoms with Crippen LogP contribution in [0.2, 0.25) is 0 Å². The predicted octanol–water partition coefficient (Wildman–Crippen LogP) is 4.10. The van der Waals surface area contributed by atoms with Gasteiger partial charge in [-0.15, -0.1) is 0 Å². The lowest BCUT2D eigenvalue weighted by atomic mass is 9.60. The summed E-state index contributed by atoms with van der Waals surface area (Å²) < 4.78 is 28.2. The summed E-state index contributed by atoms with van der Waals surface area (Å²) in [5, 5.41) is 10.6. The molecule has 0 amide bonds. The summed E-state index contributed by atoms with van der Waals surface area (Å²) in [4.78, 5) is 20.7. The van der Waals surface area contributed by atoms with Gasteiger partial charge in [-0.1, -0.05) is 0 Å². The number of anilines is 1. The van der Waals surface area contributed by atoms with Crippen LogP contribution in [0.5, 0.6) is 0 Å². The van der Waals surface area contributed by atoms with Crippen LogP contribution in [0.25, 0.3) is 22.4 Å².